The molecule has 0 aliphatic rings. The minimum absolute atomic E-state index is 0.000667. The molecule has 0 bridgehead atoms. The van der Waals surface area contributed by atoms with Gasteiger partial charge in [0.05, 0.1) is 0 Å². The Morgan fingerprint density at radius 2 is 1.07 bits per heavy atom. The lowest BCUT2D eigenvalue weighted by atomic mass is 10.0. The molecule has 3 nitrogen and oxygen atoms in total. The SMILES string of the molecule is CCCCCCCCCC(CCCCCCCC)OC(=O)CC(=O)C(C)C. The molecule has 0 heterocycles. The molecule has 1 unspecified atom stereocenters. The quantitative estimate of drug-likeness (QED) is 0.133. The molecule has 0 saturated carbocycles. The number of ether oxygens (including phenoxy) is 1. The van der Waals surface area contributed by atoms with Gasteiger partial charge in [-0.2, -0.15) is 0 Å². The zero-order valence-corrected chi connectivity index (χ0v) is 18.7. The minimum atomic E-state index is -0.326. The van der Waals surface area contributed by atoms with Crippen LogP contribution in [0, 0.1) is 5.92 Å². The molecule has 0 N–H and O–H groups in total. The monoisotopic (exact) mass is 382 g/mol. The molecule has 0 rings (SSSR count). The number of carbonyl (C=O) groups excluding carboxylic acids is 2. The van der Waals surface area contributed by atoms with Crippen molar-refractivity contribution in [3.05, 3.63) is 0 Å². The van der Waals surface area contributed by atoms with Crippen molar-refractivity contribution in [3.8, 4) is 0 Å². The molecular formula is C24H46O3. The van der Waals surface area contributed by atoms with Crippen molar-refractivity contribution in [1.29, 1.82) is 0 Å². The molecule has 0 amide bonds. The number of Topliss-reactive ketones (excluding diaryl/α,β-unsaturated/α-hetero) is 1. The molecule has 0 fully saturated rings. The minimum Gasteiger partial charge on any atom is -0.462 e. The molecule has 0 spiro atoms. The second-order valence-electron chi connectivity index (χ2n) is 8.38. The average Bonchev–Trinajstić information content (AvgIpc) is 2.63. The van der Waals surface area contributed by atoms with Crippen LogP contribution in [-0.2, 0) is 14.3 Å². The maximum Gasteiger partial charge on any atom is 0.313 e. The van der Waals surface area contributed by atoms with Crippen molar-refractivity contribution in [1.82, 2.24) is 0 Å². The third kappa shape index (κ3) is 17.0. The summed E-state index contributed by atoms with van der Waals surface area (Å²) in [6.07, 6.45) is 18.2. The lowest BCUT2D eigenvalue weighted by molar-refractivity contribution is -0.152. The number of unbranched alkanes of at least 4 members (excludes halogenated alkanes) is 11. The predicted molar refractivity (Wildman–Crippen MR) is 115 cm³/mol. The van der Waals surface area contributed by atoms with Gasteiger partial charge in [0.1, 0.15) is 18.3 Å². The second-order valence-corrected chi connectivity index (χ2v) is 8.38. The van der Waals surface area contributed by atoms with Gasteiger partial charge in [0.2, 0.25) is 0 Å². The van der Waals surface area contributed by atoms with E-state index < -0.39 is 0 Å². The summed E-state index contributed by atoms with van der Waals surface area (Å²) < 4.78 is 5.68. The Kier molecular flexibility index (Phi) is 17.9. The van der Waals surface area contributed by atoms with Crippen LogP contribution in [0.1, 0.15) is 130 Å². The summed E-state index contributed by atoms with van der Waals surface area (Å²) >= 11 is 0. The molecule has 0 radical (unpaired) electrons. The van der Waals surface area contributed by atoms with Crippen molar-refractivity contribution < 1.29 is 14.3 Å². The summed E-state index contributed by atoms with van der Waals surface area (Å²) in [6, 6.07) is 0. The van der Waals surface area contributed by atoms with Crippen LogP contribution in [0.3, 0.4) is 0 Å². The van der Waals surface area contributed by atoms with Gasteiger partial charge in [-0.1, -0.05) is 98.3 Å². The van der Waals surface area contributed by atoms with Crippen LogP contribution in [0.5, 0.6) is 0 Å². The fourth-order valence-electron chi connectivity index (χ4n) is 3.32. The standard InChI is InChI=1S/C24H46O3/c1-5-7-9-11-13-15-17-19-22(18-16-14-12-10-8-6-2)27-24(26)20-23(25)21(3)4/h21-22H,5-20H2,1-4H3. The van der Waals surface area contributed by atoms with Gasteiger partial charge < -0.3 is 4.74 Å². The van der Waals surface area contributed by atoms with Gasteiger partial charge >= 0.3 is 5.97 Å². The molecule has 0 aromatic rings. The summed E-state index contributed by atoms with van der Waals surface area (Å²) in [7, 11) is 0. The molecule has 0 aromatic carbocycles. The van der Waals surface area contributed by atoms with Gasteiger partial charge in [0, 0.05) is 5.92 Å². The fraction of sp³-hybridized carbons (Fsp3) is 0.917. The highest BCUT2D eigenvalue weighted by Gasteiger charge is 2.18. The predicted octanol–water partition coefficient (Wildman–Crippen LogP) is 7.40. The van der Waals surface area contributed by atoms with Crippen LogP contribution in [0.2, 0.25) is 0 Å². The van der Waals surface area contributed by atoms with Gasteiger partial charge in [-0.25, -0.2) is 0 Å². The average molecular weight is 383 g/mol. The molecule has 160 valence electrons. The maximum absolute atomic E-state index is 12.1. The van der Waals surface area contributed by atoms with Crippen molar-refractivity contribution in [2.75, 3.05) is 0 Å². The Balaban J connectivity index is 4.15. The molecule has 3 heteroatoms. The molecular weight excluding hydrogens is 336 g/mol. The first-order chi connectivity index (χ1) is 13.0. The van der Waals surface area contributed by atoms with Crippen LogP contribution in [0.25, 0.3) is 0 Å². The van der Waals surface area contributed by atoms with E-state index in [1.165, 1.54) is 70.6 Å². The zero-order valence-electron chi connectivity index (χ0n) is 18.7. The molecule has 0 aliphatic carbocycles. The molecule has 0 aliphatic heterocycles. The summed E-state index contributed by atoms with van der Waals surface area (Å²) in [5.41, 5.74) is 0. The first-order valence-corrected chi connectivity index (χ1v) is 11.7. The summed E-state index contributed by atoms with van der Waals surface area (Å²) in [5.74, 6) is -0.445. The first-order valence-electron chi connectivity index (χ1n) is 11.7. The number of ketones is 1. The van der Waals surface area contributed by atoms with Gasteiger partial charge in [-0.05, 0) is 25.7 Å². The first kappa shape index (κ1) is 26.1. The van der Waals surface area contributed by atoms with Gasteiger partial charge in [-0.15, -0.1) is 0 Å². The van der Waals surface area contributed by atoms with E-state index in [1.807, 2.05) is 13.8 Å². The van der Waals surface area contributed by atoms with Crippen molar-refractivity contribution >= 4 is 11.8 Å². The topological polar surface area (TPSA) is 43.4 Å². The van der Waals surface area contributed by atoms with Crippen LogP contribution in [-0.4, -0.2) is 17.9 Å². The van der Waals surface area contributed by atoms with E-state index in [1.54, 1.807) is 0 Å². The second kappa shape index (κ2) is 18.5. The van der Waals surface area contributed by atoms with E-state index in [0.29, 0.717) is 0 Å². The maximum atomic E-state index is 12.1. The molecule has 1 atom stereocenters. The van der Waals surface area contributed by atoms with Gasteiger partial charge in [0.15, 0.2) is 0 Å². The Hall–Kier alpha value is -0.860. The van der Waals surface area contributed by atoms with Gasteiger partial charge in [-0.3, -0.25) is 9.59 Å². The van der Waals surface area contributed by atoms with Crippen LogP contribution >= 0.6 is 0 Å². The van der Waals surface area contributed by atoms with E-state index in [2.05, 4.69) is 13.8 Å². The van der Waals surface area contributed by atoms with E-state index in [4.69, 9.17) is 4.74 Å². The van der Waals surface area contributed by atoms with Crippen LogP contribution in [0.4, 0.5) is 0 Å². The lowest BCUT2D eigenvalue weighted by Crippen LogP contribution is -2.22. The molecule has 0 aromatic heterocycles. The number of rotatable bonds is 19. The van der Waals surface area contributed by atoms with Crippen molar-refractivity contribution in [3.63, 3.8) is 0 Å². The molecule has 27 heavy (non-hydrogen) atoms. The number of carbonyl (C=O) groups is 2. The lowest BCUT2D eigenvalue weighted by Gasteiger charge is -2.18. The highest BCUT2D eigenvalue weighted by atomic mass is 16.5. The summed E-state index contributed by atoms with van der Waals surface area (Å²) in [6.45, 7) is 8.14. The van der Waals surface area contributed by atoms with Crippen LogP contribution < -0.4 is 0 Å². The van der Waals surface area contributed by atoms with Crippen molar-refractivity contribution in [2.45, 2.75) is 137 Å². The van der Waals surface area contributed by atoms with E-state index in [-0.39, 0.29) is 30.2 Å². The highest BCUT2D eigenvalue weighted by molar-refractivity contribution is 5.96. The largest absolute Gasteiger partial charge is 0.462 e. The van der Waals surface area contributed by atoms with E-state index in [0.717, 1.165) is 25.7 Å². The van der Waals surface area contributed by atoms with Crippen LogP contribution in [0.15, 0.2) is 0 Å². The van der Waals surface area contributed by atoms with E-state index in [9.17, 15) is 9.59 Å². The Labute approximate surface area is 169 Å². The fourth-order valence-corrected chi connectivity index (χ4v) is 3.32. The molecule has 0 saturated heterocycles. The third-order valence-electron chi connectivity index (χ3n) is 5.27. The number of hydrogen-bond acceptors (Lipinski definition) is 3. The van der Waals surface area contributed by atoms with E-state index >= 15 is 0 Å². The van der Waals surface area contributed by atoms with Crippen molar-refractivity contribution in [2.24, 2.45) is 5.92 Å². The Morgan fingerprint density at radius 3 is 1.48 bits per heavy atom. The third-order valence-corrected chi connectivity index (χ3v) is 5.27. The smallest absolute Gasteiger partial charge is 0.313 e. The zero-order chi connectivity index (χ0) is 20.3. The van der Waals surface area contributed by atoms with Gasteiger partial charge in [0.25, 0.3) is 0 Å². The highest BCUT2D eigenvalue weighted by Crippen LogP contribution is 2.18. The summed E-state index contributed by atoms with van der Waals surface area (Å²) in [5, 5.41) is 0. The number of esters is 1. The summed E-state index contributed by atoms with van der Waals surface area (Å²) in [4.78, 5) is 23.9. The Morgan fingerprint density at radius 1 is 0.667 bits per heavy atom. The normalized spacial score (nSPS) is 12.3. The Bertz CT molecular complexity index is 363. The number of hydrogen-bond donors (Lipinski definition) is 0.